The van der Waals surface area contributed by atoms with Crippen LogP contribution in [0.1, 0.15) is 24.1 Å². The van der Waals surface area contributed by atoms with Crippen molar-refractivity contribution in [1.29, 1.82) is 0 Å². The zero-order valence-corrected chi connectivity index (χ0v) is 11.9. The molecule has 1 atom stereocenters. The summed E-state index contributed by atoms with van der Waals surface area (Å²) in [4.78, 5) is 7.04. The number of benzene rings is 1. The second-order valence-electron chi connectivity index (χ2n) is 4.62. The second kappa shape index (κ2) is 7.89. The number of nitrogens with one attached hydrogen (secondary N) is 1. The van der Waals surface area contributed by atoms with E-state index in [9.17, 15) is 4.21 Å². The molecule has 0 bridgehead atoms. The highest BCUT2D eigenvalue weighted by atomic mass is 32.2. The van der Waals surface area contributed by atoms with Gasteiger partial charge in [-0.05, 0) is 31.2 Å². The van der Waals surface area contributed by atoms with Gasteiger partial charge in [0.2, 0.25) is 0 Å². The maximum atomic E-state index is 11.8. The Balaban J connectivity index is 1.57. The van der Waals surface area contributed by atoms with Gasteiger partial charge in [0.05, 0.1) is 6.33 Å². The zero-order valence-electron chi connectivity index (χ0n) is 11.0. The van der Waals surface area contributed by atoms with Crippen LogP contribution in [0, 0.1) is 0 Å². The highest BCUT2D eigenvalue weighted by Crippen LogP contribution is 2.04. The number of aromatic amines is 1. The van der Waals surface area contributed by atoms with E-state index >= 15 is 0 Å². The Hall–Kier alpha value is -1.42. The van der Waals surface area contributed by atoms with Crippen LogP contribution in [-0.2, 0) is 23.6 Å². The summed E-state index contributed by atoms with van der Waals surface area (Å²) in [5.74, 6) is 1.59. The van der Waals surface area contributed by atoms with Crippen LogP contribution in [0.4, 0.5) is 0 Å². The van der Waals surface area contributed by atoms with Gasteiger partial charge in [0, 0.05) is 34.2 Å². The Labute approximate surface area is 116 Å². The summed E-state index contributed by atoms with van der Waals surface area (Å²) in [5, 5.41) is 0. The van der Waals surface area contributed by atoms with Crippen molar-refractivity contribution >= 4 is 10.8 Å². The second-order valence-corrected chi connectivity index (χ2v) is 6.31. The number of nitrogens with zero attached hydrogens (tertiary/aromatic N) is 1. The van der Waals surface area contributed by atoms with E-state index in [1.807, 2.05) is 12.3 Å². The van der Waals surface area contributed by atoms with Crippen molar-refractivity contribution in [3.63, 3.8) is 0 Å². The Morgan fingerprint density at radius 1 is 1.05 bits per heavy atom. The minimum atomic E-state index is -0.689. The van der Waals surface area contributed by atoms with E-state index in [-0.39, 0.29) is 0 Å². The van der Waals surface area contributed by atoms with Crippen LogP contribution in [0.3, 0.4) is 0 Å². The lowest BCUT2D eigenvalue weighted by molar-refractivity contribution is 0.677. The lowest BCUT2D eigenvalue weighted by atomic mass is 10.1. The Bertz CT molecular complexity index is 482. The number of aromatic nitrogens is 2. The Kier molecular flexibility index (Phi) is 5.82. The molecule has 0 radical (unpaired) electrons. The molecule has 3 nitrogen and oxygen atoms in total. The van der Waals surface area contributed by atoms with E-state index in [2.05, 4.69) is 34.2 Å². The van der Waals surface area contributed by atoms with Crippen LogP contribution in [-0.4, -0.2) is 25.7 Å². The molecule has 4 heteroatoms. The molecular formula is C15H20N2OS. The number of hydrogen-bond acceptors (Lipinski definition) is 2. The molecule has 19 heavy (non-hydrogen) atoms. The summed E-state index contributed by atoms with van der Waals surface area (Å²) >= 11 is 0. The molecule has 0 saturated heterocycles. The molecular weight excluding hydrogens is 256 g/mol. The van der Waals surface area contributed by atoms with Crippen molar-refractivity contribution in [3.8, 4) is 0 Å². The highest BCUT2D eigenvalue weighted by Gasteiger charge is 2.01. The number of imidazole rings is 1. The molecule has 1 heterocycles. The largest absolute Gasteiger partial charge is 0.348 e. The summed E-state index contributed by atoms with van der Waals surface area (Å²) in [6.07, 6.45) is 7.43. The molecule has 0 aliphatic heterocycles. The first-order valence-corrected chi connectivity index (χ1v) is 8.19. The van der Waals surface area contributed by atoms with Gasteiger partial charge in [0.25, 0.3) is 0 Å². The SMILES string of the molecule is O=S(CCCc1ccccc1)CCCc1cnc[nH]1. The van der Waals surface area contributed by atoms with Crippen LogP contribution >= 0.6 is 0 Å². The maximum absolute atomic E-state index is 11.8. The average molecular weight is 276 g/mol. The molecule has 2 aromatic rings. The predicted octanol–water partition coefficient (Wildman–Crippen LogP) is 2.72. The maximum Gasteiger partial charge on any atom is 0.0921 e. The van der Waals surface area contributed by atoms with Crippen LogP contribution in [0.15, 0.2) is 42.9 Å². The van der Waals surface area contributed by atoms with Crippen molar-refractivity contribution in [3.05, 3.63) is 54.1 Å². The van der Waals surface area contributed by atoms with E-state index in [1.165, 1.54) is 5.56 Å². The van der Waals surface area contributed by atoms with Gasteiger partial charge >= 0.3 is 0 Å². The van der Waals surface area contributed by atoms with Gasteiger partial charge in [-0.25, -0.2) is 4.98 Å². The van der Waals surface area contributed by atoms with Gasteiger partial charge in [0.1, 0.15) is 0 Å². The third-order valence-electron chi connectivity index (χ3n) is 3.05. The van der Waals surface area contributed by atoms with Crippen LogP contribution in [0.2, 0.25) is 0 Å². The number of rotatable bonds is 8. The van der Waals surface area contributed by atoms with E-state index in [4.69, 9.17) is 0 Å². The highest BCUT2D eigenvalue weighted by molar-refractivity contribution is 7.84. The first-order valence-electron chi connectivity index (χ1n) is 6.71. The summed E-state index contributed by atoms with van der Waals surface area (Å²) in [6, 6.07) is 10.4. The van der Waals surface area contributed by atoms with E-state index < -0.39 is 10.8 Å². The van der Waals surface area contributed by atoms with Gasteiger partial charge in [-0.15, -0.1) is 0 Å². The van der Waals surface area contributed by atoms with Gasteiger partial charge in [-0.1, -0.05) is 30.3 Å². The molecule has 1 aromatic heterocycles. The molecule has 1 unspecified atom stereocenters. The predicted molar refractivity (Wildman–Crippen MR) is 79.5 cm³/mol. The smallest absolute Gasteiger partial charge is 0.0921 e. The topological polar surface area (TPSA) is 45.8 Å². The van der Waals surface area contributed by atoms with Crippen LogP contribution < -0.4 is 0 Å². The van der Waals surface area contributed by atoms with E-state index in [0.717, 1.165) is 42.9 Å². The normalized spacial score (nSPS) is 12.4. The van der Waals surface area contributed by atoms with E-state index in [0.29, 0.717) is 0 Å². The standard InChI is InChI=1S/C15H20N2OS/c18-19(11-5-9-15-12-16-13-17-15)10-4-8-14-6-2-1-3-7-14/h1-3,6-7,12-13H,4-5,8-11H2,(H,16,17). The third-order valence-corrected chi connectivity index (χ3v) is 4.54. The molecule has 0 spiro atoms. The third kappa shape index (κ3) is 5.39. The minimum Gasteiger partial charge on any atom is -0.348 e. The van der Waals surface area contributed by atoms with Gasteiger partial charge in [-0.2, -0.15) is 0 Å². The zero-order chi connectivity index (χ0) is 13.3. The van der Waals surface area contributed by atoms with Gasteiger partial charge in [-0.3, -0.25) is 4.21 Å². The fourth-order valence-corrected chi connectivity index (χ4v) is 3.17. The van der Waals surface area contributed by atoms with E-state index in [1.54, 1.807) is 6.33 Å². The molecule has 0 saturated carbocycles. The average Bonchev–Trinajstić information content (AvgIpc) is 2.93. The number of aryl methyl sites for hydroxylation is 2. The molecule has 2 rings (SSSR count). The molecule has 0 fully saturated rings. The summed E-state index contributed by atoms with van der Waals surface area (Å²) in [6.45, 7) is 0. The number of H-pyrrole nitrogens is 1. The van der Waals surface area contributed by atoms with Crippen molar-refractivity contribution in [2.75, 3.05) is 11.5 Å². The van der Waals surface area contributed by atoms with Crippen LogP contribution in [0.5, 0.6) is 0 Å². The number of hydrogen-bond donors (Lipinski definition) is 1. The Morgan fingerprint density at radius 2 is 1.79 bits per heavy atom. The minimum absolute atomic E-state index is 0.689. The molecule has 0 amide bonds. The molecule has 102 valence electrons. The quantitative estimate of drug-likeness (QED) is 0.806. The summed E-state index contributed by atoms with van der Waals surface area (Å²) in [5.41, 5.74) is 2.46. The molecule has 0 aliphatic rings. The van der Waals surface area contributed by atoms with Crippen LogP contribution in [0.25, 0.3) is 0 Å². The first kappa shape index (κ1) is 14.0. The fourth-order valence-electron chi connectivity index (χ4n) is 2.03. The van der Waals surface area contributed by atoms with Crippen molar-refractivity contribution in [2.45, 2.75) is 25.7 Å². The van der Waals surface area contributed by atoms with Crippen molar-refractivity contribution < 1.29 is 4.21 Å². The lowest BCUT2D eigenvalue weighted by Gasteiger charge is -2.02. The Morgan fingerprint density at radius 3 is 2.47 bits per heavy atom. The monoisotopic (exact) mass is 276 g/mol. The first-order chi connectivity index (χ1) is 9.34. The summed E-state index contributed by atoms with van der Waals surface area (Å²) < 4.78 is 11.8. The molecule has 1 aromatic carbocycles. The molecule has 1 N–H and O–H groups in total. The fraction of sp³-hybridized carbons (Fsp3) is 0.400. The molecule has 0 aliphatic carbocycles. The lowest BCUT2D eigenvalue weighted by Crippen LogP contribution is -2.05. The van der Waals surface area contributed by atoms with Gasteiger partial charge in [0.15, 0.2) is 0 Å². The van der Waals surface area contributed by atoms with Gasteiger partial charge < -0.3 is 4.98 Å². The van der Waals surface area contributed by atoms with Crippen molar-refractivity contribution in [1.82, 2.24) is 9.97 Å². The summed E-state index contributed by atoms with van der Waals surface area (Å²) in [7, 11) is -0.689. The van der Waals surface area contributed by atoms with Crippen molar-refractivity contribution in [2.24, 2.45) is 0 Å².